The van der Waals surface area contributed by atoms with Crippen molar-refractivity contribution in [3.05, 3.63) is 35.5 Å². The van der Waals surface area contributed by atoms with Gasteiger partial charge in [0.2, 0.25) is 0 Å². The smallest absolute Gasteiger partial charge is 0.158 e. The van der Waals surface area contributed by atoms with Gasteiger partial charge in [-0.2, -0.15) is 0 Å². The number of anilines is 1. The molecular formula is C13H13ClN4O. The molecule has 1 saturated heterocycles. The summed E-state index contributed by atoms with van der Waals surface area (Å²) in [4.78, 5) is 10.6. The lowest BCUT2D eigenvalue weighted by Crippen LogP contribution is -2.34. The first-order valence-electron chi connectivity index (χ1n) is 6.40. The predicted molar refractivity (Wildman–Crippen MR) is 71.7 cm³/mol. The molecule has 2 aromatic heterocycles. The lowest BCUT2D eigenvalue weighted by atomic mass is 10.1. The van der Waals surface area contributed by atoms with Gasteiger partial charge in [0.25, 0.3) is 0 Å². The Labute approximate surface area is 115 Å². The van der Waals surface area contributed by atoms with Gasteiger partial charge in [-0.1, -0.05) is 11.6 Å². The van der Waals surface area contributed by atoms with Crippen LogP contribution in [0, 0.1) is 0 Å². The number of hydrogen-bond acceptors (Lipinski definition) is 4. The first-order chi connectivity index (χ1) is 9.27. The van der Waals surface area contributed by atoms with Crippen molar-refractivity contribution in [2.45, 2.75) is 25.0 Å². The van der Waals surface area contributed by atoms with Crippen molar-refractivity contribution in [3.63, 3.8) is 0 Å². The molecule has 4 heterocycles. The van der Waals surface area contributed by atoms with E-state index in [1.807, 2.05) is 22.9 Å². The normalized spacial score (nSPS) is 24.6. The molecule has 2 aromatic rings. The van der Waals surface area contributed by atoms with E-state index in [2.05, 4.69) is 14.9 Å². The topological polar surface area (TPSA) is 54.2 Å². The second-order valence-corrected chi connectivity index (χ2v) is 5.35. The standard InChI is InChI=1S/C13H13ClN4O/c14-12-10-13(16-7-15-12)18-6-2-4-9(18)11(19)8-3-1-5-17(8)10/h1,3,5,7,9,11,19H,2,4,6H2/t9-,11-/m0/s1. The maximum Gasteiger partial charge on any atom is 0.158 e. The first-order valence-corrected chi connectivity index (χ1v) is 6.78. The molecule has 0 radical (unpaired) electrons. The molecule has 0 amide bonds. The van der Waals surface area contributed by atoms with Crippen molar-refractivity contribution in [3.8, 4) is 5.69 Å². The Hall–Kier alpha value is -1.59. The van der Waals surface area contributed by atoms with Gasteiger partial charge in [-0.15, -0.1) is 0 Å². The third kappa shape index (κ3) is 1.45. The van der Waals surface area contributed by atoms with Gasteiger partial charge < -0.3 is 14.6 Å². The minimum atomic E-state index is -0.525. The average Bonchev–Trinajstić information content (AvgIpc) is 3.05. The van der Waals surface area contributed by atoms with Crippen LogP contribution in [-0.4, -0.2) is 32.2 Å². The molecule has 2 atom stereocenters. The monoisotopic (exact) mass is 276 g/mol. The van der Waals surface area contributed by atoms with E-state index in [-0.39, 0.29) is 6.04 Å². The number of hydrogen-bond donors (Lipinski definition) is 1. The molecular weight excluding hydrogens is 264 g/mol. The van der Waals surface area contributed by atoms with Gasteiger partial charge in [0, 0.05) is 12.7 Å². The maximum atomic E-state index is 10.6. The quantitative estimate of drug-likeness (QED) is 0.747. The molecule has 0 spiro atoms. The SMILES string of the molecule is O[C@H]1c2cccn2-c2c(Cl)ncnc2N2CCC[C@@H]12. The van der Waals surface area contributed by atoms with E-state index >= 15 is 0 Å². The van der Waals surface area contributed by atoms with Crippen LogP contribution in [0.2, 0.25) is 5.15 Å². The molecule has 6 heteroatoms. The second-order valence-electron chi connectivity index (χ2n) is 4.99. The van der Waals surface area contributed by atoms with E-state index in [9.17, 15) is 5.11 Å². The maximum absolute atomic E-state index is 10.6. The summed E-state index contributed by atoms with van der Waals surface area (Å²) in [5.41, 5.74) is 1.62. The number of nitrogens with zero attached hydrogens (tertiary/aromatic N) is 4. The summed E-state index contributed by atoms with van der Waals surface area (Å²) in [5, 5.41) is 11.0. The van der Waals surface area contributed by atoms with E-state index in [1.54, 1.807) is 0 Å². The highest BCUT2D eigenvalue weighted by molar-refractivity contribution is 6.31. The van der Waals surface area contributed by atoms with Crippen LogP contribution in [0.25, 0.3) is 5.69 Å². The Morgan fingerprint density at radius 2 is 2.26 bits per heavy atom. The van der Waals surface area contributed by atoms with Gasteiger partial charge in [0.1, 0.15) is 18.1 Å². The van der Waals surface area contributed by atoms with E-state index in [4.69, 9.17) is 11.6 Å². The Kier molecular flexibility index (Phi) is 2.34. The zero-order chi connectivity index (χ0) is 13.0. The molecule has 19 heavy (non-hydrogen) atoms. The number of aliphatic hydroxyl groups is 1. The summed E-state index contributed by atoms with van der Waals surface area (Å²) in [7, 11) is 0. The summed E-state index contributed by atoms with van der Waals surface area (Å²) in [6.45, 7) is 0.896. The number of rotatable bonds is 0. The van der Waals surface area contributed by atoms with Crippen molar-refractivity contribution in [2.75, 3.05) is 11.4 Å². The average molecular weight is 277 g/mol. The van der Waals surface area contributed by atoms with Gasteiger partial charge in [0.05, 0.1) is 11.7 Å². The van der Waals surface area contributed by atoms with Gasteiger partial charge >= 0.3 is 0 Å². The first kappa shape index (κ1) is 11.3. The molecule has 0 bridgehead atoms. The van der Waals surface area contributed by atoms with E-state index in [0.717, 1.165) is 36.6 Å². The summed E-state index contributed by atoms with van der Waals surface area (Å²) in [6.07, 6.45) is 4.88. The molecule has 0 saturated carbocycles. The van der Waals surface area contributed by atoms with Gasteiger partial charge in [-0.25, -0.2) is 9.97 Å². The molecule has 98 valence electrons. The van der Waals surface area contributed by atoms with Crippen LogP contribution in [0.3, 0.4) is 0 Å². The van der Waals surface area contributed by atoms with Crippen molar-refractivity contribution in [1.29, 1.82) is 0 Å². The highest BCUT2D eigenvalue weighted by Gasteiger charge is 2.38. The fourth-order valence-corrected chi connectivity index (χ4v) is 3.40. The van der Waals surface area contributed by atoms with Crippen LogP contribution in [0.4, 0.5) is 5.82 Å². The number of halogens is 1. The number of aromatic nitrogens is 3. The molecule has 2 aliphatic rings. The van der Waals surface area contributed by atoms with Crippen molar-refractivity contribution in [1.82, 2.24) is 14.5 Å². The number of fused-ring (bicyclic) bond motifs is 5. The third-order valence-electron chi connectivity index (χ3n) is 4.02. The largest absolute Gasteiger partial charge is 0.385 e. The summed E-state index contributed by atoms with van der Waals surface area (Å²) in [6, 6.07) is 3.91. The molecule has 0 unspecified atom stereocenters. The van der Waals surface area contributed by atoms with Crippen LogP contribution in [0.15, 0.2) is 24.7 Å². The molecule has 0 aromatic carbocycles. The Balaban J connectivity index is 2.05. The Morgan fingerprint density at radius 1 is 1.37 bits per heavy atom. The minimum Gasteiger partial charge on any atom is -0.385 e. The van der Waals surface area contributed by atoms with Crippen LogP contribution < -0.4 is 4.90 Å². The Bertz CT molecular complexity index is 641. The van der Waals surface area contributed by atoms with Gasteiger partial charge in [-0.3, -0.25) is 0 Å². The van der Waals surface area contributed by atoms with Crippen LogP contribution in [-0.2, 0) is 0 Å². The molecule has 1 fully saturated rings. The molecule has 4 rings (SSSR count). The number of aliphatic hydroxyl groups excluding tert-OH is 1. The predicted octanol–water partition coefficient (Wildman–Crippen LogP) is 1.94. The summed E-state index contributed by atoms with van der Waals surface area (Å²) in [5.74, 6) is 0.816. The van der Waals surface area contributed by atoms with Crippen molar-refractivity contribution >= 4 is 17.4 Å². The highest BCUT2D eigenvalue weighted by atomic mass is 35.5. The van der Waals surface area contributed by atoms with Crippen molar-refractivity contribution < 1.29 is 5.11 Å². The molecule has 0 aliphatic carbocycles. The molecule has 1 N–H and O–H groups in total. The van der Waals surface area contributed by atoms with Crippen LogP contribution in [0.1, 0.15) is 24.6 Å². The second kappa shape index (κ2) is 3.95. The molecule has 2 aliphatic heterocycles. The lowest BCUT2D eigenvalue weighted by Gasteiger charge is -2.27. The third-order valence-corrected chi connectivity index (χ3v) is 4.29. The zero-order valence-electron chi connectivity index (χ0n) is 10.2. The van der Waals surface area contributed by atoms with Crippen molar-refractivity contribution in [2.24, 2.45) is 0 Å². The van der Waals surface area contributed by atoms with Gasteiger partial charge in [0.15, 0.2) is 11.0 Å². The lowest BCUT2D eigenvalue weighted by molar-refractivity contribution is 0.143. The Morgan fingerprint density at radius 3 is 3.16 bits per heavy atom. The fourth-order valence-electron chi connectivity index (χ4n) is 3.19. The minimum absolute atomic E-state index is 0.0702. The van der Waals surface area contributed by atoms with E-state index in [1.165, 1.54) is 6.33 Å². The van der Waals surface area contributed by atoms with Crippen LogP contribution >= 0.6 is 11.6 Å². The summed E-state index contributed by atoms with van der Waals surface area (Å²) < 4.78 is 1.90. The summed E-state index contributed by atoms with van der Waals surface area (Å²) >= 11 is 6.26. The fraction of sp³-hybridized carbons (Fsp3) is 0.385. The van der Waals surface area contributed by atoms with Gasteiger partial charge in [-0.05, 0) is 25.0 Å². The van der Waals surface area contributed by atoms with E-state index in [0.29, 0.717) is 5.15 Å². The molecule has 5 nitrogen and oxygen atoms in total. The zero-order valence-corrected chi connectivity index (χ0v) is 11.0. The van der Waals surface area contributed by atoms with Crippen LogP contribution in [0.5, 0.6) is 0 Å². The highest BCUT2D eigenvalue weighted by Crippen LogP contribution is 2.41. The van der Waals surface area contributed by atoms with E-state index < -0.39 is 6.10 Å².